The topological polar surface area (TPSA) is 39.1 Å². The monoisotopic (exact) mass is 299 g/mol. The summed E-state index contributed by atoms with van der Waals surface area (Å²) >= 11 is 12.0. The van der Waals surface area contributed by atoms with Gasteiger partial charge in [0, 0.05) is 31.4 Å². The SMILES string of the molecule is COCCNCc1ccn(-c2ccc(Cl)cc2Cl)n1. The Morgan fingerprint density at radius 2 is 2.16 bits per heavy atom. The van der Waals surface area contributed by atoms with Gasteiger partial charge in [-0.15, -0.1) is 0 Å². The first-order chi connectivity index (χ1) is 9.20. The second kappa shape index (κ2) is 6.91. The summed E-state index contributed by atoms with van der Waals surface area (Å²) in [5.41, 5.74) is 1.76. The Hall–Kier alpha value is -1.07. The Morgan fingerprint density at radius 3 is 2.89 bits per heavy atom. The van der Waals surface area contributed by atoms with Crippen LogP contribution in [0.5, 0.6) is 0 Å². The molecule has 1 aromatic heterocycles. The highest BCUT2D eigenvalue weighted by Crippen LogP contribution is 2.23. The van der Waals surface area contributed by atoms with Gasteiger partial charge in [-0.25, -0.2) is 4.68 Å². The van der Waals surface area contributed by atoms with E-state index in [1.54, 1.807) is 23.9 Å². The molecule has 0 unspecified atom stereocenters. The number of benzene rings is 1. The number of hydrogen-bond acceptors (Lipinski definition) is 3. The van der Waals surface area contributed by atoms with Crippen molar-refractivity contribution in [1.29, 1.82) is 0 Å². The summed E-state index contributed by atoms with van der Waals surface area (Å²) in [5.74, 6) is 0. The molecule has 0 radical (unpaired) electrons. The van der Waals surface area contributed by atoms with E-state index in [0.29, 0.717) is 23.2 Å². The van der Waals surface area contributed by atoms with E-state index >= 15 is 0 Å². The second-order valence-electron chi connectivity index (χ2n) is 4.02. The average molecular weight is 300 g/mol. The second-order valence-corrected chi connectivity index (χ2v) is 4.86. The number of nitrogens with zero attached hydrogens (tertiary/aromatic N) is 2. The number of rotatable bonds is 6. The normalized spacial score (nSPS) is 10.9. The van der Waals surface area contributed by atoms with Crippen LogP contribution in [0.1, 0.15) is 5.69 Å². The third-order valence-corrected chi connectivity index (χ3v) is 3.13. The van der Waals surface area contributed by atoms with Gasteiger partial charge in [-0.05, 0) is 24.3 Å². The van der Waals surface area contributed by atoms with Crippen molar-refractivity contribution in [2.24, 2.45) is 0 Å². The van der Waals surface area contributed by atoms with Crippen LogP contribution in [0.15, 0.2) is 30.5 Å². The van der Waals surface area contributed by atoms with Crippen molar-refractivity contribution >= 4 is 23.2 Å². The van der Waals surface area contributed by atoms with Gasteiger partial charge in [0.2, 0.25) is 0 Å². The summed E-state index contributed by atoms with van der Waals surface area (Å²) in [6.07, 6.45) is 1.88. The predicted molar refractivity (Wildman–Crippen MR) is 77.2 cm³/mol. The van der Waals surface area contributed by atoms with Gasteiger partial charge in [-0.1, -0.05) is 23.2 Å². The number of halogens is 2. The highest BCUT2D eigenvalue weighted by atomic mass is 35.5. The lowest BCUT2D eigenvalue weighted by atomic mass is 10.3. The van der Waals surface area contributed by atoms with E-state index in [4.69, 9.17) is 27.9 Å². The Bertz CT molecular complexity index is 542. The van der Waals surface area contributed by atoms with Gasteiger partial charge >= 0.3 is 0 Å². The van der Waals surface area contributed by atoms with Crippen LogP contribution in [0, 0.1) is 0 Å². The summed E-state index contributed by atoms with van der Waals surface area (Å²) in [5, 5.41) is 8.88. The largest absolute Gasteiger partial charge is 0.383 e. The van der Waals surface area contributed by atoms with Crippen molar-refractivity contribution in [1.82, 2.24) is 15.1 Å². The zero-order valence-corrected chi connectivity index (χ0v) is 12.1. The third-order valence-electron chi connectivity index (χ3n) is 2.59. The molecule has 2 aromatic rings. The van der Waals surface area contributed by atoms with Crippen LogP contribution in [0.4, 0.5) is 0 Å². The molecule has 0 atom stereocenters. The summed E-state index contributed by atoms with van der Waals surface area (Å²) in [7, 11) is 1.68. The molecule has 1 N–H and O–H groups in total. The van der Waals surface area contributed by atoms with Crippen LogP contribution in [-0.4, -0.2) is 30.0 Å². The molecular formula is C13H15Cl2N3O. The quantitative estimate of drug-likeness (QED) is 0.834. The van der Waals surface area contributed by atoms with E-state index in [1.165, 1.54) is 0 Å². The first-order valence-corrected chi connectivity index (χ1v) is 6.66. The van der Waals surface area contributed by atoms with Crippen LogP contribution in [0.3, 0.4) is 0 Å². The van der Waals surface area contributed by atoms with E-state index in [1.807, 2.05) is 18.3 Å². The van der Waals surface area contributed by atoms with E-state index in [9.17, 15) is 0 Å². The molecule has 0 spiro atoms. The zero-order valence-electron chi connectivity index (χ0n) is 10.6. The predicted octanol–water partition coefficient (Wildman–Crippen LogP) is 2.92. The molecule has 0 saturated carbocycles. The van der Waals surface area contributed by atoms with Crippen molar-refractivity contribution in [3.8, 4) is 5.69 Å². The van der Waals surface area contributed by atoms with E-state index < -0.39 is 0 Å². The van der Waals surface area contributed by atoms with E-state index in [-0.39, 0.29) is 0 Å². The number of nitrogens with one attached hydrogen (secondary N) is 1. The molecule has 0 bridgehead atoms. The van der Waals surface area contributed by atoms with Crippen molar-refractivity contribution in [3.05, 3.63) is 46.2 Å². The molecule has 0 aliphatic carbocycles. The molecule has 19 heavy (non-hydrogen) atoms. The van der Waals surface area contributed by atoms with Gasteiger partial charge in [-0.2, -0.15) is 5.10 Å². The molecule has 0 amide bonds. The van der Waals surface area contributed by atoms with Crippen LogP contribution in [-0.2, 0) is 11.3 Å². The van der Waals surface area contributed by atoms with Crippen molar-refractivity contribution in [2.75, 3.05) is 20.3 Å². The Balaban J connectivity index is 2.04. The zero-order chi connectivity index (χ0) is 13.7. The molecule has 0 saturated heterocycles. The Morgan fingerprint density at radius 1 is 1.32 bits per heavy atom. The fraction of sp³-hybridized carbons (Fsp3) is 0.308. The van der Waals surface area contributed by atoms with Crippen LogP contribution in [0.2, 0.25) is 10.0 Å². The van der Waals surface area contributed by atoms with Crippen molar-refractivity contribution < 1.29 is 4.74 Å². The molecule has 4 nitrogen and oxygen atoms in total. The molecule has 0 fully saturated rings. The lowest BCUT2D eigenvalue weighted by Gasteiger charge is -2.05. The van der Waals surface area contributed by atoms with Gasteiger partial charge in [0.05, 0.1) is 23.0 Å². The lowest BCUT2D eigenvalue weighted by molar-refractivity contribution is 0.199. The highest BCUT2D eigenvalue weighted by Gasteiger charge is 2.05. The fourth-order valence-electron chi connectivity index (χ4n) is 1.65. The molecule has 0 aliphatic rings. The Kier molecular flexibility index (Phi) is 5.22. The van der Waals surface area contributed by atoms with Gasteiger partial charge in [0.1, 0.15) is 0 Å². The molecule has 2 rings (SSSR count). The van der Waals surface area contributed by atoms with Crippen LogP contribution >= 0.6 is 23.2 Å². The van der Waals surface area contributed by atoms with Gasteiger partial charge < -0.3 is 10.1 Å². The van der Waals surface area contributed by atoms with E-state index in [0.717, 1.165) is 17.9 Å². The van der Waals surface area contributed by atoms with Gasteiger partial charge in [-0.3, -0.25) is 0 Å². The summed E-state index contributed by atoms with van der Waals surface area (Å²) in [4.78, 5) is 0. The van der Waals surface area contributed by atoms with Crippen molar-refractivity contribution in [3.63, 3.8) is 0 Å². The van der Waals surface area contributed by atoms with Crippen molar-refractivity contribution in [2.45, 2.75) is 6.54 Å². The van der Waals surface area contributed by atoms with E-state index in [2.05, 4.69) is 10.4 Å². The number of aromatic nitrogens is 2. The van der Waals surface area contributed by atoms with Crippen LogP contribution < -0.4 is 5.32 Å². The summed E-state index contributed by atoms with van der Waals surface area (Å²) in [6.45, 7) is 2.18. The fourth-order valence-corrected chi connectivity index (χ4v) is 2.14. The van der Waals surface area contributed by atoms with Crippen LogP contribution in [0.25, 0.3) is 5.69 Å². The third kappa shape index (κ3) is 3.94. The molecule has 0 aliphatic heterocycles. The minimum absolute atomic E-state index is 0.578. The number of ether oxygens (including phenoxy) is 1. The maximum atomic E-state index is 6.14. The molecule has 1 heterocycles. The molecule has 6 heteroatoms. The molecule has 102 valence electrons. The summed E-state index contributed by atoms with van der Waals surface area (Å²) < 4.78 is 6.71. The number of hydrogen-bond donors (Lipinski definition) is 1. The first-order valence-electron chi connectivity index (χ1n) is 5.90. The lowest BCUT2D eigenvalue weighted by Crippen LogP contribution is -2.18. The smallest absolute Gasteiger partial charge is 0.0832 e. The maximum Gasteiger partial charge on any atom is 0.0832 e. The van der Waals surface area contributed by atoms with Gasteiger partial charge in [0.25, 0.3) is 0 Å². The maximum absolute atomic E-state index is 6.14. The molecule has 1 aromatic carbocycles. The van der Waals surface area contributed by atoms with Gasteiger partial charge in [0.15, 0.2) is 0 Å². The average Bonchev–Trinajstić information content (AvgIpc) is 2.83. The minimum Gasteiger partial charge on any atom is -0.383 e. The highest BCUT2D eigenvalue weighted by molar-refractivity contribution is 6.35. The first kappa shape index (κ1) is 14.3. The molecular weight excluding hydrogens is 285 g/mol. The summed E-state index contributed by atoms with van der Waals surface area (Å²) in [6, 6.07) is 7.29. The number of methoxy groups -OCH3 is 1. The minimum atomic E-state index is 0.578. The Labute approximate surface area is 122 Å². The standard InChI is InChI=1S/C13H15Cl2N3O/c1-19-7-5-16-9-11-4-6-18(17-11)13-3-2-10(14)8-12(13)15/h2-4,6,8,16H,5,7,9H2,1H3.